The van der Waals surface area contributed by atoms with Crippen molar-refractivity contribution in [1.29, 1.82) is 0 Å². The van der Waals surface area contributed by atoms with Gasteiger partial charge < -0.3 is 9.47 Å². The molecule has 0 saturated heterocycles. The Morgan fingerprint density at radius 2 is 1.42 bits per heavy atom. The van der Waals surface area contributed by atoms with Gasteiger partial charge in [-0.15, -0.1) is 0 Å². The second kappa shape index (κ2) is 6.96. The molecule has 3 rings (SSSR count). The van der Waals surface area contributed by atoms with E-state index in [1.807, 2.05) is 42.5 Å². The van der Waals surface area contributed by atoms with Crippen molar-refractivity contribution in [3.05, 3.63) is 83.4 Å². The Bertz CT molecular complexity index is 885. The van der Waals surface area contributed by atoms with Crippen LogP contribution in [-0.4, -0.2) is 19.0 Å². The topological polar surface area (TPSA) is 52.6 Å². The van der Waals surface area contributed by atoms with Gasteiger partial charge in [-0.25, -0.2) is 9.59 Å². The zero-order chi connectivity index (χ0) is 16.9. The first-order valence-electron chi connectivity index (χ1n) is 7.50. The number of hydrogen-bond donors (Lipinski definition) is 0. The van der Waals surface area contributed by atoms with Gasteiger partial charge in [0.15, 0.2) is 0 Å². The fourth-order valence-corrected chi connectivity index (χ4v) is 2.42. The van der Waals surface area contributed by atoms with Crippen LogP contribution in [-0.2, 0) is 16.1 Å². The summed E-state index contributed by atoms with van der Waals surface area (Å²) in [6.07, 6.45) is 0. The molecule has 0 aliphatic rings. The lowest BCUT2D eigenvalue weighted by Gasteiger charge is -2.07. The molecule has 0 aromatic heterocycles. The van der Waals surface area contributed by atoms with Crippen LogP contribution in [0, 0.1) is 0 Å². The number of carbonyl (C=O) groups is 2. The standard InChI is InChI=1S/C20H16O4/c1-23-19(21)16-9-7-15-8-10-17(12-18(15)11-16)20(22)24-13-14-5-3-2-4-6-14/h2-12H,13H2,1H3. The van der Waals surface area contributed by atoms with Crippen molar-refractivity contribution < 1.29 is 19.1 Å². The van der Waals surface area contributed by atoms with Gasteiger partial charge in [0.2, 0.25) is 0 Å². The molecule has 0 atom stereocenters. The molecule has 3 aromatic carbocycles. The minimum Gasteiger partial charge on any atom is -0.465 e. The van der Waals surface area contributed by atoms with Crippen LogP contribution in [0.4, 0.5) is 0 Å². The van der Waals surface area contributed by atoms with Crippen molar-refractivity contribution in [3.63, 3.8) is 0 Å². The van der Waals surface area contributed by atoms with E-state index in [-0.39, 0.29) is 6.61 Å². The third kappa shape index (κ3) is 3.43. The number of methoxy groups -OCH3 is 1. The predicted molar refractivity (Wildman–Crippen MR) is 90.8 cm³/mol. The van der Waals surface area contributed by atoms with Gasteiger partial charge in [-0.2, -0.15) is 0 Å². The molecule has 0 radical (unpaired) electrons. The van der Waals surface area contributed by atoms with Crippen molar-refractivity contribution in [2.75, 3.05) is 7.11 Å². The Hall–Kier alpha value is -3.14. The molecule has 0 heterocycles. The maximum Gasteiger partial charge on any atom is 0.338 e. The molecule has 4 nitrogen and oxygen atoms in total. The Labute approximate surface area is 139 Å². The number of ether oxygens (including phenoxy) is 2. The first-order valence-corrected chi connectivity index (χ1v) is 7.50. The molecule has 0 bridgehead atoms. The van der Waals surface area contributed by atoms with Gasteiger partial charge in [-0.3, -0.25) is 0 Å². The minimum absolute atomic E-state index is 0.222. The molecule has 3 aromatic rings. The highest BCUT2D eigenvalue weighted by atomic mass is 16.5. The van der Waals surface area contributed by atoms with E-state index in [2.05, 4.69) is 0 Å². The van der Waals surface area contributed by atoms with Crippen LogP contribution in [0.1, 0.15) is 26.3 Å². The monoisotopic (exact) mass is 320 g/mol. The minimum atomic E-state index is -0.408. The average molecular weight is 320 g/mol. The molecule has 0 N–H and O–H groups in total. The molecule has 0 fully saturated rings. The normalized spacial score (nSPS) is 10.4. The van der Waals surface area contributed by atoms with Crippen molar-refractivity contribution in [1.82, 2.24) is 0 Å². The maximum absolute atomic E-state index is 12.2. The number of fused-ring (bicyclic) bond motifs is 1. The summed E-state index contributed by atoms with van der Waals surface area (Å²) in [7, 11) is 1.34. The first-order chi connectivity index (χ1) is 11.7. The van der Waals surface area contributed by atoms with Gasteiger partial charge in [0.25, 0.3) is 0 Å². The predicted octanol–water partition coefficient (Wildman–Crippen LogP) is 3.98. The van der Waals surface area contributed by atoms with E-state index >= 15 is 0 Å². The number of rotatable bonds is 4. The van der Waals surface area contributed by atoms with Gasteiger partial charge >= 0.3 is 11.9 Å². The summed E-state index contributed by atoms with van der Waals surface area (Å²) in [5.74, 6) is -0.807. The zero-order valence-electron chi connectivity index (χ0n) is 13.2. The first kappa shape index (κ1) is 15.7. The summed E-state index contributed by atoms with van der Waals surface area (Å²) in [4.78, 5) is 23.8. The van der Waals surface area contributed by atoms with Crippen LogP contribution in [0.5, 0.6) is 0 Å². The van der Waals surface area contributed by atoms with Gasteiger partial charge in [-0.1, -0.05) is 42.5 Å². The molecule has 24 heavy (non-hydrogen) atoms. The number of carbonyl (C=O) groups excluding carboxylic acids is 2. The summed E-state index contributed by atoms with van der Waals surface area (Å²) in [5.41, 5.74) is 1.82. The van der Waals surface area contributed by atoms with E-state index in [1.165, 1.54) is 7.11 Å². The summed E-state index contributed by atoms with van der Waals surface area (Å²) in [6, 6.07) is 20.0. The van der Waals surface area contributed by atoms with Crippen molar-refractivity contribution in [2.45, 2.75) is 6.61 Å². The van der Waals surface area contributed by atoms with Crippen LogP contribution in [0.2, 0.25) is 0 Å². The van der Waals surface area contributed by atoms with Crippen molar-refractivity contribution in [2.24, 2.45) is 0 Å². The van der Waals surface area contributed by atoms with Crippen LogP contribution < -0.4 is 0 Å². The highest BCUT2D eigenvalue weighted by Gasteiger charge is 2.10. The zero-order valence-corrected chi connectivity index (χ0v) is 13.2. The number of hydrogen-bond acceptors (Lipinski definition) is 4. The SMILES string of the molecule is COC(=O)c1ccc2ccc(C(=O)OCc3ccccc3)cc2c1. The average Bonchev–Trinajstić information content (AvgIpc) is 2.65. The van der Waals surface area contributed by atoms with E-state index in [9.17, 15) is 9.59 Å². The summed E-state index contributed by atoms with van der Waals surface area (Å²) < 4.78 is 10.1. The summed E-state index contributed by atoms with van der Waals surface area (Å²) in [6.45, 7) is 0.222. The van der Waals surface area contributed by atoms with E-state index in [0.29, 0.717) is 11.1 Å². The quantitative estimate of drug-likeness (QED) is 0.682. The number of benzene rings is 3. The van der Waals surface area contributed by atoms with Gasteiger partial charge in [0.05, 0.1) is 18.2 Å². The molecule has 0 amide bonds. The van der Waals surface area contributed by atoms with Gasteiger partial charge in [0, 0.05) is 0 Å². The molecule has 0 spiro atoms. The number of esters is 2. The molecule has 4 heteroatoms. The molecule has 0 aliphatic carbocycles. The second-order valence-corrected chi connectivity index (χ2v) is 5.33. The fraction of sp³-hybridized carbons (Fsp3) is 0.100. The van der Waals surface area contributed by atoms with Crippen LogP contribution in [0.25, 0.3) is 10.8 Å². The molecule has 0 unspecified atom stereocenters. The van der Waals surface area contributed by atoms with Gasteiger partial charge in [-0.05, 0) is 40.6 Å². The van der Waals surface area contributed by atoms with Crippen LogP contribution >= 0.6 is 0 Å². The lowest BCUT2D eigenvalue weighted by Crippen LogP contribution is -2.05. The largest absolute Gasteiger partial charge is 0.465 e. The Morgan fingerprint density at radius 3 is 2.04 bits per heavy atom. The summed E-state index contributed by atoms with van der Waals surface area (Å²) in [5, 5.41) is 1.72. The van der Waals surface area contributed by atoms with Gasteiger partial charge in [0.1, 0.15) is 6.61 Å². The second-order valence-electron chi connectivity index (χ2n) is 5.33. The highest BCUT2D eigenvalue weighted by molar-refractivity contribution is 5.99. The summed E-state index contributed by atoms with van der Waals surface area (Å²) >= 11 is 0. The van der Waals surface area contributed by atoms with E-state index < -0.39 is 11.9 Å². The Kier molecular flexibility index (Phi) is 4.57. The smallest absolute Gasteiger partial charge is 0.338 e. The lowest BCUT2D eigenvalue weighted by molar-refractivity contribution is 0.0472. The molecule has 0 saturated carbocycles. The third-order valence-electron chi connectivity index (χ3n) is 3.71. The van der Waals surface area contributed by atoms with Crippen molar-refractivity contribution >= 4 is 22.7 Å². The molecule has 0 aliphatic heterocycles. The van der Waals surface area contributed by atoms with Crippen LogP contribution in [0.3, 0.4) is 0 Å². The molecular weight excluding hydrogens is 304 g/mol. The highest BCUT2D eigenvalue weighted by Crippen LogP contribution is 2.19. The van der Waals surface area contributed by atoms with Crippen molar-refractivity contribution in [3.8, 4) is 0 Å². The molecular formula is C20H16O4. The third-order valence-corrected chi connectivity index (χ3v) is 3.71. The van der Waals surface area contributed by atoms with E-state index in [4.69, 9.17) is 9.47 Å². The Balaban J connectivity index is 1.81. The van der Waals surface area contributed by atoms with E-state index in [0.717, 1.165) is 16.3 Å². The van der Waals surface area contributed by atoms with E-state index in [1.54, 1.807) is 24.3 Å². The lowest BCUT2D eigenvalue weighted by atomic mass is 10.0. The maximum atomic E-state index is 12.2. The molecule has 120 valence electrons. The Morgan fingerprint density at radius 1 is 0.792 bits per heavy atom. The van der Waals surface area contributed by atoms with Crippen LogP contribution in [0.15, 0.2) is 66.7 Å². The fourth-order valence-electron chi connectivity index (χ4n) is 2.42.